The molecule has 0 saturated carbocycles. The minimum atomic E-state index is 0.123. The van der Waals surface area contributed by atoms with Gasteiger partial charge in [-0.2, -0.15) is 0 Å². The van der Waals surface area contributed by atoms with Gasteiger partial charge in [-0.05, 0) is 11.5 Å². The van der Waals surface area contributed by atoms with Gasteiger partial charge in [0.1, 0.15) is 0 Å². The highest BCUT2D eigenvalue weighted by Gasteiger charge is 2.19. The Bertz CT molecular complexity index is 586. The molecule has 19 heavy (non-hydrogen) atoms. The van der Waals surface area contributed by atoms with Crippen LogP contribution in [0.15, 0.2) is 36.7 Å². The van der Waals surface area contributed by atoms with E-state index < -0.39 is 0 Å². The molecule has 1 aliphatic heterocycles. The van der Waals surface area contributed by atoms with E-state index in [2.05, 4.69) is 10.3 Å². The van der Waals surface area contributed by atoms with E-state index in [-0.39, 0.29) is 11.8 Å². The zero-order valence-corrected chi connectivity index (χ0v) is 10.6. The van der Waals surface area contributed by atoms with Crippen LogP contribution >= 0.6 is 0 Å². The lowest BCUT2D eigenvalue weighted by molar-refractivity contribution is 0.0676. The van der Waals surface area contributed by atoms with Gasteiger partial charge >= 0.3 is 0 Å². The maximum atomic E-state index is 12.4. The fourth-order valence-corrected chi connectivity index (χ4v) is 2.45. The van der Waals surface area contributed by atoms with Crippen LogP contribution in [0.4, 0.5) is 0 Å². The molecule has 1 atom stereocenters. The van der Waals surface area contributed by atoms with Gasteiger partial charge in [0.2, 0.25) is 0 Å². The van der Waals surface area contributed by atoms with Crippen LogP contribution in [-0.2, 0) is 4.74 Å². The fraction of sp³-hybridized carbons (Fsp3) is 0.333. The van der Waals surface area contributed by atoms with Crippen molar-refractivity contribution in [2.24, 2.45) is 0 Å². The van der Waals surface area contributed by atoms with Crippen molar-refractivity contribution >= 4 is 16.6 Å². The third kappa shape index (κ3) is 2.64. The quantitative estimate of drug-likeness (QED) is 0.851. The number of ketones is 1. The van der Waals surface area contributed by atoms with Crippen LogP contribution < -0.4 is 5.32 Å². The molecule has 1 saturated heterocycles. The Hall–Kier alpha value is -1.78. The van der Waals surface area contributed by atoms with Gasteiger partial charge in [0.25, 0.3) is 0 Å². The monoisotopic (exact) mass is 256 g/mol. The first-order valence-electron chi connectivity index (χ1n) is 6.51. The summed E-state index contributed by atoms with van der Waals surface area (Å²) in [5.74, 6) is 0.153. The maximum Gasteiger partial charge on any atom is 0.165 e. The summed E-state index contributed by atoms with van der Waals surface area (Å²) in [5.41, 5.74) is 0.771. The molecule has 1 unspecified atom stereocenters. The molecule has 1 aliphatic rings. The van der Waals surface area contributed by atoms with Crippen molar-refractivity contribution in [2.75, 3.05) is 19.8 Å². The van der Waals surface area contributed by atoms with E-state index in [0.29, 0.717) is 13.0 Å². The highest BCUT2D eigenvalue weighted by atomic mass is 16.5. The molecular formula is C15H16N2O2. The number of nitrogens with zero attached hydrogens (tertiary/aromatic N) is 1. The van der Waals surface area contributed by atoms with Crippen LogP contribution in [-0.4, -0.2) is 36.6 Å². The first-order chi connectivity index (χ1) is 9.34. The third-order valence-corrected chi connectivity index (χ3v) is 3.41. The summed E-state index contributed by atoms with van der Waals surface area (Å²) in [4.78, 5) is 16.5. The highest BCUT2D eigenvalue weighted by molar-refractivity contribution is 6.08. The lowest BCUT2D eigenvalue weighted by Gasteiger charge is -2.23. The number of hydrogen-bond donors (Lipinski definition) is 1. The molecule has 0 spiro atoms. The summed E-state index contributed by atoms with van der Waals surface area (Å²) in [6.45, 7) is 2.15. The van der Waals surface area contributed by atoms with E-state index in [1.54, 1.807) is 12.4 Å². The summed E-state index contributed by atoms with van der Waals surface area (Å²) in [7, 11) is 0. The number of Topliss-reactive ketones (excluding diaryl/α,β-unsaturated/α-hetero) is 1. The predicted octanol–water partition coefficient (Wildman–Crippen LogP) is 1.80. The smallest absolute Gasteiger partial charge is 0.165 e. The number of benzene rings is 1. The Morgan fingerprint density at radius 3 is 3.21 bits per heavy atom. The third-order valence-electron chi connectivity index (χ3n) is 3.41. The van der Waals surface area contributed by atoms with E-state index in [9.17, 15) is 4.79 Å². The Morgan fingerprint density at radius 1 is 1.42 bits per heavy atom. The second-order valence-electron chi connectivity index (χ2n) is 4.76. The topological polar surface area (TPSA) is 51.2 Å². The van der Waals surface area contributed by atoms with Crippen molar-refractivity contribution in [1.29, 1.82) is 0 Å². The van der Waals surface area contributed by atoms with Gasteiger partial charge in [-0.1, -0.05) is 18.2 Å². The van der Waals surface area contributed by atoms with Crippen molar-refractivity contribution in [3.8, 4) is 0 Å². The van der Waals surface area contributed by atoms with Crippen molar-refractivity contribution in [1.82, 2.24) is 10.3 Å². The number of carbonyl (C=O) groups is 1. The van der Waals surface area contributed by atoms with Crippen LogP contribution in [0.2, 0.25) is 0 Å². The fourth-order valence-electron chi connectivity index (χ4n) is 2.45. The van der Waals surface area contributed by atoms with Gasteiger partial charge in [0.15, 0.2) is 5.78 Å². The molecule has 1 fully saturated rings. The summed E-state index contributed by atoms with van der Waals surface area (Å²) >= 11 is 0. The molecule has 1 aromatic heterocycles. The van der Waals surface area contributed by atoms with Gasteiger partial charge in [-0.15, -0.1) is 0 Å². The first-order valence-corrected chi connectivity index (χ1v) is 6.51. The number of nitrogens with one attached hydrogen (secondary N) is 1. The number of rotatable bonds is 3. The van der Waals surface area contributed by atoms with Crippen LogP contribution in [0.3, 0.4) is 0 Å². The number of aromatic nitrogens is 1. The van der Waals surface area contributed by atoms with E-state index in [1.165, 1.54) is 0 Å². The van der Waals surface area contributed by atoms with Gasteiger partial charge in [-0.25, -0.2) is 0 Å². The van der Waals surface area contributed by atoms with Crippen LogP contribution in [0, 0.1) is 0 Å². The van der Waals surface area contributed by atoms with Crippen LogP contribution in [0.25, 0.3) is 10.8 Å². The summed E-state index contributed by atoms with van der Waals surface area (Å²) in [5, 5.41) is 5.28. The Morgan fingerprint density at radius 2 is 2.37 bits per heavy atom. The minimum Gasteiger partial charge on any atom is -0.378 e. The number of ether oxygens (including phenoxy) is 1. The Labute approximate surface area is 111 Å². The van der Waals surface area contributed by atoms with Crippen LogP contribution in [0.1, 0.15) is 16.8 Å². The molecule has 0 radical (unpaired) electrons. The van der Waals surface area contributed by atoms with Crippen LogP contribution in [0.5, 0.6) is 0 Å². The zero-order chi connectivity index (χ0) is 13.1. The van der Waals surface area contributed by atoms with E-state index >= 15 is 0 Å². The molecule has 0 amide bonds. The lowest BCUT2D eigenvalue weighted by atomic mass is 9.98. The maximum absolute atomic E-state index is 12.4. The van der Waals surface area contributed by atoms with Gasteiger partial charge < -0.3 is 10.1 Å². The van der Waals surface area contributed by atoms with Gasteiger partial charge in [0, 0.05) is 42.4 Å². The summed E-state index contributed by atoms with van der Waals surface area (Å²) in [6.07, 6.45) is 3.98. The normalized spacial score (nSPS) is 19.5. The number of carbonyl (C=O) groups excluding carboxylic acids is 1. The molecule has 0 bridgehead atoms. The molecule has 1 aromatic carbocycles. The first kappa shape index (κ1) is 12.3. The van der Waals surface area contributed by atoms with E-state index in [4.69, 9.17) is 4.74 Å². The van der Waals surface area contributed by atoms with E-state index in [0.717, 1.165) is 29.5 Å². The standard InChI is InChI=1S/C15H16N2O2/c18-15(8-12-10-19-7-6-17-12)14-3-1-2-11-9-16-5-4-13(11)14/h1-5,9,12,17H,6-8,10H2. The summed E-state index contributed by atoms with van der Waals surface area (Å²) < 4.78 is 5.38. The minimum absolute atomic E-state index is 0.123. The van der Waals surface area contributed by atoms with Crippen molar-refractivity contribution < 1.29 is 9.53 Å². The lowest BCUT2D eigenvalue weighted by Crippen LogP contribution is -2.42. The molecule has 3 rings (SSSR count). The molecule has 4 nitrogen and oxygen atoms in total. The molecule has 4 heteroatoms. The largest absolute Gasteiger partial charge is 0.378 e. The van der Waals surface area contributed by atoms with Crippen molar-refractivity contribution in [3.63, 3.8) is 0 Å². The second kappa shape index (κ2) is 5.47. The van der Waals surface area contributed by atoms with E-state index in [1.807, 2.05) is 24.3 Å². The molecule has 98 valence electrons. The Kier molecular flexibility index (Phi) is 3.53. The SMILES string of the molecule is O=C(CC1COCCN1)c1cccc2cnccc12. The Balaban J connectivity index is 1.85. The van der Waals surface area contributed by atoms with Crippen molar-refractivity contribution in [2.45, 2.75) is 12.5 Å². The molecule has 1 N–H and O–H groups in total. The zero-order valence-electron chi connectivity index (χ0n) is 10.6. The number of fused-ring (bicyclic) bond motifs is 1. The number of hydrogen-bond acceptors (Lipinski definition) is 4. The molecule has 0 aliphatic carbocycles. The predicted molar refractivity (Wildman–Crippen MR) is 73.3 cm³/mol. The number of pyridine rings is 1. The second-order valence-corrected chi connectivity index (χ2v) is 4.76. The average molecular weight is 256 g/mol. The van der Waals surface area contributed by atoms with Gasteiger partial charge in [0.05, 0.1) is 13.2 Å². The summed E-state index contributed by atoms with van der Waals surface area (Å²) in [6, 6.07) is 7.78. The van der Waals surface area contributed by atoms with Gasteiger partial charge in [-0.3, -0.25) is 9.78 Å². The molecule has 2 heterocycles. The molecular weight excluding hydrogens is 240 g/mol. The number of morpholine rings is 1. The highest BCUT2D eigenvalue weighted by Crippen LogP contribution is 2.19. The van der Waals surface area contributed by atoms with Crippen molar-refractivity contribution in [3.05, 3.63) is 42.2 Å². The molecule has 2 aromatic rings. The average Bonchev–Trinajstić information content (AvgIpc) is 2.47.